The summed E-state index contributed by atoms with van der Waals surface area (Å²) < 4.78 is 45.9. The van der Waals surface area contributed by atoms with Crippen molar-refractivity contribution < 1.29 is 27.8 Å². The normalized spacial score (nSPS) is 15.4. The summed E-state index contributed by atoms with van der Waals surface area (Å²) in [6.45, 7) is 3.59. The molecule has 4 rings (SSSR count). The van der Waals surface area contributed by atoms with Gasteiger partial charge in [-0.1, -0.05) is 19.1 Å². The molecule has 9 heteroatoms. The van der Waals surface area contributed by atoms with Gasteiger partial charge in [-0.15, -0.1) is 0 Å². The Bertz CT molecular complexity index is 1350. The highest BCUT2D eigenvalue weighted by Gasteiger charge is 2.30. The topological polar surface area (TPSA) is 64.3 Å². The van der Waals surface area contributed by atoms with E-state index in [1.54, 1.807) is 16.8 Å². The van der Waals surface area contributed by atoms with Gasteiger partial charge >= 0.3 is 12.1 Å². The number of aromatic nitrogens is 2. The fourth-order valence-corrected chi connectivity index (χ4v) is 6.44. The first-order valence-corrected chi connectivity index (χ1v) is 13.2. The van der Waals surface area contributed by atoms with E-state index in [4.69, 9.17) is 14.9 Å². The summed E-state index contributed by atoms with van der Waals surface area (Å²) in [4.78, 5) is 13.2. The van der Waals surface area contributed by atoms with Gasteiger partial charge in [0.05, 0.1) is 11.3 Å². The molecule has 5 nitrogen and oxygen atoms in total. The third kappa shape index (κ3) is 4.86. The minimum Gasteiger partial charge on any atom is -0.479 e. The molecule has 4 aromatic rings. The second kappa shape index (κ2) is 9.30. The van der Waals surface area contributed by atoms with E-state index < -0.39 is 33.8 Å². The van der Waals surface area contributed by atoms with Crippen LogP contribution in [0.2, 0.25) is 0 Å². The first-order valence-electron chi connectivity index (χ1n) is 10.9. The third-order valence-electron chi connectivity index (χ3n) is 6.03. The molecule has 0 amide bonds. The van der Waals surface area contributed by atoms with Crippen LogP contribution in [0.5, 0.6) is 5.75 Å². The van der Waals surface area contributed by atoms with E-state index in [9.17, 15) is 18.0 Å². The van der Waals surface area contributed by atoms with E-state index in [-0.39, 0.29) is 0 Å². The van der Waals surface area contributed by atoms with Crippen molar-refractivity contribution in [3.05, 3.63) is 78.5 Å². The summed E-state index contributed by atoms with van der Waals surface area (Å²) in [5.41, 5.74) is 0.640. The molecule has 0 radical (unpaired) electrons. The van der Waals surface area contributed by atoms with Crippen molar-refractivity contribution >= 4 is 26.9 Å². The molecule has 0 saturated carbocycles. The molecule has 0 fully saturated rings. The van der Waals surface area contributed by atoms with Crippen molar-refractivity contribution in [3.8, 4) is 11.4 Å². The molecule has 0 bridgehead atoms. The lowest BCUT2D eigenvalue weighted by atomic mass is 10.2. The first kappa shape index (κ1) is 24.7. The van der Waals surface area contributed by atoms with E-state index in [1.807, 2.05) is 36.5 Å². The Hall–Kier alpha value is -3.46. The van der Waals surface area contributed by atoms with Crippen molar-refractivity contribution in [2.45, 2.75) is 35.9 Å². The quantitative estimate of drug-likeness (QED) is 0.303. The average Bonchev–Trinajstić information content (AvgIpc) is 3.28. The average molecular weight is 503 g/mol. The van der Waals surface area contributed by atoms with Gasteiger partial charge in [-0.3, -0.25) is 0 Å². The summed E-state index contributed by atoms with van der Waals surface area (Å²) in [5.74, 6) is 0.282. The van der Waals surface area contributed by atoms with Crippen LogP contribution in [-0.2, 0) is 11.0 Å². The molecule has 3 aromatic carbocycles. The number of hydrogen-bond acceptors (Lipinski definition) is 3. The summed E-state index contributed by atoms with van der Waals surface area (Å²) in [5, 5.41) is 14.7. The number of nitrogens with zero attached hydrogens (tertiary/aromatic N) is 2. The zero-order valence-electron chi connectivity index (χ0n) is 19.4. The number of rotatable bonds is 7. The Balaban J connectivity index is 1.71. The lowest BCUT2D eigenvalue weighted by Gasteiger charge is -2.36. The summed E-state index contributed by atoms with van der Waals surface area (Å²) in [7, 11) is -1.51. The van der Waals surface area contributed by atoms with Gasteiger partial charge in [-0.25, -0.2) is 9.48 Å². The Morgan fingerprint density at radius 2 is 1.74 bits per heavy atom. The molecule has 1 heterocycles. The van der Waals surface area contributed by atoms with E-state index in [0.717, 1.165) is 38.6 Å². The Kier molecular flexibility index (Phi) is 6.55. The number of ether oxygens (including phenoxy) is 1. The van der Waals surface area contributed by atoms with Gasteiger partial charge in [-0.05, 0) is 78.4 Å². The van der Waals surface area contributed by atoms with Gasteiger partial charge < -0.3 is 9.84 Å². The molecule has 35 heavy (non-hydrogen) atoms. The minimum absolute atomic E-state index is 0.478. The predicted molar refractivity (Wildman–Crippen MR) is 131 cm³/mol. The first-order chi connectivity index (χ1) is 16.5. The number of carboxylic acids is 1. The Morgan fingerprint density at radius 3 is 2.31 bits per heavy atom. The van der Waals surface area contributed by atoms with Crippen LogP contribution in [0.3, 0.4) is 0 Å². The van der Waals surface area contributed by atoms with Gasteiger partial charge in [-0.2, -0.15) is 28.3 Å². The van der Waals surface area contributed by atoms with E-state index in [0.29, 0.717) is 11.4 Å². The minimum atomic E-state index is -4.39. The maximum Gasteiger partial charge on any atom is 0.416 e. The second-order valence-corrected chi connectivity index (χ2v) is 11.9. The molecule has 1 aromatic heterocycles. The fraction of sp³-hybridized carbons (Fsp3) is 0.231. The van der Waals surface area contributed by atoms with Crippen molar-refractivity contribution in [2.75, 3.05) is 12.0 Å². The second-order valence-electron chi connectivity index (χ2n) is 8.26. The van der Waals surface area contributed by atoms with Gasteiger partial charge in [0.2, 0.25) is 0 Å². The maximum atomic E-state index is 12.9. The summed E-state index contributed by atoms with van der Waals surface area (Å²) in [6, 6.07) is 18.3. The summed E-state index contributed by atoms with van der Waals surface area (Å²) >= 11 is 0. The number of benzene rings is 3. The molecule has 0 aliphatic rings. The molecule has 2 atom stereocenters. The SMILES string of the molecule is CCS(C)(c1ccc(OC(C)C(=O)O)cc1)c1cccc2cn(-c3ccc(C(F)(F)F)cc3)nc12. The third-order valence-corrected chi connectivity index (χ3v) is 9.79. The number of alkyl halides is 3. The van der Waals surface area contributed by atoms with Gasteiger partial charge in [0.25, 0.3) is 0 Å². The maximum absolute atomic E-state index is 12.9. The Labute approximate surface area is 202 Å². The summed E-state index contributed by atoms with van der Waals surface area (Å²) in [6.07, 6.45) is -1.33. The number of halogens is 3. The van der Waals surface area contributed by atoms with Crippen LogP contribution in [-0.4, -0.2) is 39.0 Å². The number of aliphatic carboxylic acids is 1. The van der Waals surface area contributed by atoms with Gasteiger partial charge in [0.15, 0.2) is 6.10 Å². The van der Waals surface area contributed by atoms with Crippen molar-refractivity contribution in [1.82, 2.24) is 9.78 Å². The van der Waals surface area contributed by atoms with Gasteiger partial charge in [0, 0.05) is 16.5 Å². The molecular weight excluding hydrogens is 477 g/mol. The molecular formula is C26H25F3N2O3S. The molecule has 0 saturated heterocycles. The van der Waals surface area contributed by atoms with Crippen LogP contribution < -0.4 is 4.74 Å². The van der Waals surface area contributed by atoms with Crippen LogP contribution in [0.1, 0.15) is 19.4 Å². The zero-order chi connectivity index (χ0) is 25.4. The van der Waals surface area contributed by atoms with Crippen LogP contribution in [0.25, 0.3) is 16.6 Å². The number of carboxylic acid groups (broad SMARTS) is 1. The number of carbonyl (C=O) groups is 1. The highest BCUT2D eigenvalue weighted by atomic mass is 32.3. The molecule has 184 valence electrons. The van der Waals surface area contributed by atoms with Crippen LogP contribution >= 0.6 is 10.0 Å². The Morgan fingerprint density at radius 1 is 1.09 bits per heavy atom. The highest BCUT2D eigenvalue weighted by Crippen LogP contribution is 2.61. The fourth-order valence-electron chi connectivity index (χ4n) is 3.84. The molecule has 0 aliphatic carbocycles. The van der Waals surface area contributed by atoms with Crippen molar-refractivity contribution in [2.24, 2.45) is 0 Å². The van der Waals surface area contributed by atoms with Gasteiger partial charge in [0.1, 0.15) is 11.3 Å². The van der Waals surface area contributed by atoms with Crippen LogP contribution in [0, 0.1) is 0 Å². The van der Waals surface area contributed by atoms with Crippen molar-refractivity contribution in [3.63, 3.8) is 0 Å². The highest BCUT2D eigenvalue weighted by molar-refractivity contribution is 8.33. The smallest absolute Gasteiger partial charge is 0.416 e. The zero-order valence-corrected chi connectivity index (χ0v) is 20.2. The molecule has 0 aliphatic heterocycles. The number of fused-ring (bicyclic) bond motifs is 1. The van der Waals surface area contributed by atoms with Crippen LogP contribution in [0.4, 0.5) is 13.2 Å². The molecule has 2 unspecified atom stereocenters. The standard InChI is InChI=1S/C26H25F3N2O3S/c1-4-35(3,22-14-12-21(13-15-22)34-17(2)25(32)33)23-7-5-6-18-16-31(30-24(18)23)20-10-8-19(9-11-20)26(27,28)29/h5-17H,4H2,1-3H3,(H,32,33). The number of hydrogen-bond donors (Lipinski definition) is 1. The van der Waals surface area contributed by atoms with Crippen LogP contribution in [0.15, 0.2) is 82.7 Å². The predicted octanol–water partition coefficient (Wildman–Crippen LogP) is 6.77. The molecule has 0 spiro atoms. The lowest BCUT2D eigenvalue weighted by molar-refractivity contribution is -0.144. The van der Waals surface area contributed by atoms with E-state index in [2.05, 4.69) is 13.2 Å². The molecule has 1 N–H and O–H groups in total. The largest absolute Gasteiger partial charge is 0.479 e. The monoisotopic (exact) mass is 502 g/mol. The lowest BCUT2D eigenvalue weighted by Crippen LogP contribution is -2.22. The van der Waals surface area contributed by atoms with E-state index in [1.165, 1.54) is 19.1 Å². The van der Waals surface area contributed by atoms with Crippen molar-refractivity contribution in [1.29, 1.82) is 0 Å². The van der Waals surface area contributed by atoms with E-state index >= 15 is 0 Å².